The molecule has 1 aromatic carbocycles. The minimum atomic E-state index is -0.244. The summed E-state index contributed by atoms with van der Waals surface area (Å²) in [5.74, 6) is 0.531. The lowest BCUT2D eigenvalue weighted by atomic mass is 10.1. The lowest BCUT2D eigenvalue weighted by Crippen LogP contribution is -2.38. The van der Waals surface area contributed by atoms with Gasteiger partial charge in [-0.3, -0.25) is 9.67 Å². The SMILES string of the molecule is CN=C(NCc1c(C)nn(C)c1C)NC1CC1c1c(F)cccc1Cl. The van der Waals surface area contributed by atoms with E-state index in [-0.39, 0.29) is 17.8 Å². The normalized spacial score (nSPS) is 19.8. The number of nitrogens with zero attached hydrogens (tertiary/aromatic N) is 3. The van der Waals surface area contributed by atoms with Crippen LogP contribution >= 0.6 is 11.6 Å². The van der Waals surface area contributed by atoms with Gasteiger partial charge in [0.1, 0.15) is 5.82 Å². The van der Waals surface area contributed by atoms with E-state index in [0.717, 1.165) is 23.4 Å². The first-order valence-corrected chi connectivity index (χ1v) is 8.70. The van der Waals surface area contributed by atoms with Gasteiger partial charge in [-0.05, 0) is 32.4 Å². The lowest BCUT2D eigenvalue weighted by molar-refractivity contribution is 0.608. The maximum Gasteiger partial charge on any atom is 0.191 e. The van der Waals surface area contributed by atoms with E-state index in [4.69, 9.17) is 11.6 Å². The third-order valence-electron chi connectivity index (χ3n) is 4.80. The molecule has 2 N–H and O–H groups in total. The van der Waals surface area contributed by atoms with Gasteiger partial charge in [0, 0.05) is 54.4 Å². The molecule has 0 aliphatic heterocycles. The summed E-state index contributed by atoms with van der Waals surface area (Å²) in [6, 6.07) is 4.95. The van der Waals surface area contributed by atoms with Crippen LogP contribution in [0.5, 0.6) is 0 Å². The molecule has 0 spiro atoms. The molecule has 25 heavy (non-hydrogen) atoms. The molecule has 2 aromatic rings. The quantitative estimate of drug-likeness (QED) is 0.648. The highest BCUT2D eigenvalue weighted by Crippen LogP contribution is 2.44. The third-order valence-corrected chi connectivity index (χ3v) is 5.13. The Labute approximate surface area is 152 Å². The summed E-state index contributed by atoms with van der Waals surface area (Å²) in [4.78, 5) is 4.26. The Kier molecular flexibility index (Phi) is 4.99. The molecule has 0 radical (unpaired) electrons. The van der Waals surface area contributed by atoms with E-state index in [2.05, 4.69) is 20.7 Å². The van der Waals surface area contributed by atoms with Crippen LogP contribution in [0.3, 0.4) is 0 Å². The Hall–Kier alpha value is -2.08. The molecule has 3 rings (SSSR count). The van der Waals surface area contributed by atoms with E-state index in [0.29, 0.717) is 23.1 Å². The van der Waals surface area contributed by atoms with E-state index in [1.165, 1.54) is 6.07 Å². The number of rotatable bonds is 4. The first kappa shape index (κ1) is 17.7. The molecular weight excluding hydrogens is 341 g/mol. The molecule has 0 amide bonds. The maximum absolute atomic E-state index is 14.0. The van der Waals surface area contributed by atoms with Crippen molar-refractivity contribution in [2.75, 3.05) is 7.05 Å². The van der Waals surface area contributed by atoms with Gasteiger partial charge in [0.2, 0.25) is 0 Å². The zero-order valence-corrected chi connectivity index (χ0v) is 15.7. The molecule has 1 heterocycles. The van der Waals surface area contributed by atoms with E-state index < -0.39 is 0 Å². The highest BCUT2D eigenvalue weighted by Gasteiger charge is 2.41. The van der Waals surface area contributed by atoms with Crippen molar-refractivity contribution in [2.24, 2.45) is 12.0 Å². The molecule has 2 atom stereocenters. The van der Waals surface area contributed by atoms with Crippen molar-refractivity contribution in [3.8, 4) is 0 Å². The zero-order valence-electron chi connectivity index (χ0n) is 14.9. The molecule has 1 saturated carbocycles. The summed E-state index contributed by atoms with van der Waals surface area (Å²) in [7, 11) is 3.66. The van der Waals surface area contributed by atoms with E-state index in [9.17, 15) is 4.39 Å². The summed E-state index contributed by atoms with van der Waals surface area (Å²) in [5, 5.41) is 11.6. The van der Waals surface area contributed by atoms with Crippen LogP contribution in [0.15, 0.2) is 23.2 Å². The molecule has 1 aliphatic rings. The van der Waals surface area contributed by atoms with Crippen molar-refractivity contribution in [3.63, 3.8) is 0 Å². The number of nitrogens with one attached hydrogen (secondary N) is 2. The van der Waals surface area contributed by atoms with Crippen molar-refractivity contribution >= 4 is 17.6 Å². The van der Waals surface area contributed by atoms with Gasteiger partial charge >= 0.3 is 0 Å². The second-order valence-corrected chi connectivity index (χ2v) is 6.83. The van der Waals surface area contributed by atoms with Crippen LogP contribution in [0.2, 0.25) is 5.02 Å². The molecule has 0 saturated heterocycles. The molecule has 1 aromatic heterocycles. The van der Waals surface area contributed by atoms with Gasteiger partial charge in [-0.15, -0.1) is 0 Å². The second-order valence-electron chi connectivity index (χ2n) is 6.43. The Morgan fingerprint density at radius 1 is 1.44 bits per heavy atom. The average Bonchev–Trinajstić information content (AvgIpc) is 3.26. The average molecular weight is 364 g/mol. The lowest BCUT2D eigenvalue weighted by Gasteiger charge is -2.13. The van der Waals surface area contributed by atoms with Gasteiger partial charge in [-0.2, -0.15) is 5.10 Å². The molecule has 2 unspecified atom stereocenters. The van der Waals surface area contributed by atoms with Crippen LogP contribution in [0.4, 0.5) is 4.39 Å². The van der Waals surface area contributed by atoms with E-state index >= 15 is 0 Å². The van der Waals surface area contributed by atoms with Crippen LogP contribution < -0.4 is 10.6 Å². The van der Waals surface area contributed by atoms with Crippen molar-refractivity contribution in [3.05, 3.63) is 51.6 Å². The predicted molar refractivity (Wildman–Crippen MR) is 98.6 cm³/mol. The number of hydrogen-bond donors (Lipinski definition) is 2. The number of halogens is 2. The highest BCUT2D eigenvalue weighted by atomic mass is 35.5. The number of guanidine groups is 1. The number of aryl methyl sites for hydroxylation is 2. The van der Waals surface area contributed by atoms with E-state index in [1.807, 2.05) is 25.6 Å². The molecule has 1 fully saturated rings. The van der Waals surface area contributed by atoms with Crippen molar-refractivity contribution < 1.29 is 4.39 Å². The Balaban J connectivity index is 1.61. The Morgan fingerprint density at radius 2 is 2.20 bits per heavy atom. The molecule has 0 bridgehead atoms. The van der Waals surface area contributed by atoms with Crippen LogP contribution in [0.1, 0.15) is 34.9 Å². The molecule has 134 valence electrons. The number of hydrogen-bond acceptors (Lipinski definition) is 2. The molecule has 1 aliphatic carbocycles. The van der Waals surface area contributed by atoms with Crippen molar-refractivity contribution in [2.45, 2.75) is 38.8 Å². The van der Waals surface area contributed by atoms with Crippen LogP contribution in [0, 0.1) is 19.7 Å². The smallest absolute Gasteiger partial charge is 0.191 e. The zero-order chi connectivity index (χ0) is 18.1. The van der Waals surface area contributed by atoms with Crippen LogP contribution in [-0.4, -0.2) is 28.8 Å². The Morgan fingerprint density at radius 3 is 2.80 bits per heavy atom. The maximum atomic E-state index is 14.0. The Bertz CT molecular complexity index is 794. The van der Waals surface area contributed by atoms with Gasteiger partial charge in [-0.1, -0.05) is 17.7 Å². The highest BCUT2D eigenvalue weighted by molar-refractivity contribution is 6.31. The van der Waals surface area contributed by atoms with Crippen molar-refractivity contribution in [1.29, 1.82) is 0 Å². The fourth-order valence-electron chi connectivity index (χ4n) is 3.15. The van der Waals surface area contributed by atoms with E-state index in [1.54, 1.807) is 19.2 Å². The first-order chi connectivity index (χ1) is 11.9. The largest absolute Gasteiger partial charge is 0.353 e. The minimum Gasteiger partial charge on any atom is -0.353 e. The second kappa shape index (κ2) is 7.04. The van der Waals surface area contributed by atoms with Gasteiger partial charge in [0.05, 0.1) is 5.69 Å². The fraction of sp³-hybridized carbons (Fsp3) is 0.444. The summed E-state index contributed by atoms with van der Waals surface area (Å²) < 4.78 is 15.9. The number of aromatic nitrogens is 2. The summed E-state index contributed by atoms with van der Waals surface area (Å²) in [6.45, 7) is 4.69. The van der Waals surface area contributed by atoms with Gasteiger partial charge in [-0.25, -0.2) is 4.39 Å². The number of aliphatic imine (C=N–C) groups is 1. The third kappa shape index (κ3) is 3.63. The molecular formula is C18H23ClFN5. The van der Waals surface area contributed by atoms with Gasteiger partial charge in [0.25, 0.3) is 0 Å². The van der Waals surface area contributed by atoms with Crippen LogP contribution in [0.25, 0.3) is 0 Å². The van der Waals surface area contributed by atoms with Gasteiger partial charge < -0.3 is 10.6 Å². The summed E-state index contributed by atoms with van der Waals surface area (Å²) in [5.41, 5.74) is 3.89. The summed E-state index contributed by atoms with van der Waals surface area (Å²) in [6.07, 6.45) is 0.840. The number of benzene rings is 1. The molecule has 5 nitrogen and oxygen atoms in total. The molecule has 7 heteroatoms. The summed E-state index contributed by atoms with van der Waals surface area (Å²) >= 11 is 6.16. The standard InChI is InChI=1S/C18H23ClFN5/c1-10-13(11(2)25(4)24-10)9-22-18(21-3)23-16-8-12(16)17-14(19)6-5-7-15(17)20/h5-7,12,16H,8-9H2,1-4H3,(H2,21,22,23). The topological polar surface area (TPSA) is 54.2 Å². The fourth-order valence-corrected chi connectivity index (χ4v) is 3.46. The predicted octanol–water partition coefficient (Wildman–Crippen LogP) is 3.05. The van der Waals surface area contributed by atoms with Crippen LogP contribution in [-0.2, 0) is 13.6 Å². The first-order valence-electron chi connectivity index (χ1n) is 8.32. The monoisotopic (exact) mass is 363 g/mol. The van der Waals surface area contributed by atoms with Gasteiger partial charge in [0.15, 0.2) is 5.96 Å². The van der Waals surface area contributed by atoms with Crippen molar-refractivity contribution in [1.82, 2.24) is 20.4 Å². The minimum absolute atomic E-state index is 0.0779.